The molecule has 1 N–H and O–H groups in total. The van der Waals surface area contributed by atoms with Crippen LogP contribution in [0, 0.1) is 5.92 Å². The molecule has 1 fully saturated rings. The van der Waals surface area contributed by atoms with Crippen LogP contribution in [0.1, 0.15) is 30.1 Å². The third kappa shape index (κ3) is 4.97. The molecule has 0 aromatic heterocycles. The second kappa shape index (κ2) is 8.54. The Kier molecular flexibility index (Phi) is 6.34. The van der Waals surface area contributed by atoms with E-state index in [9.17, 15) is 13.2 Å². The highest BCUT2D eigenvalue weighted by Gasteiger charge is 2.28. The molecule has 0 unspecified atom stereocenters. The van der Waals surface area contributed by atoms with Gasteiger partial charge in [0.25, 0.3) is 0 Å². The van der Waals surface area contributed by atoms with Gasteiger partial charge in [-0.05, 0) is 55.2 Å². The smallest absolute Gasteiger partial charge is 0.243 e. The van der Waals surface area contributed by atoms with E-state index in [0.717, 1.165) is 23.0 Å². The number of hydrogen-bond acceptors (Lipinski definition) is 4. The maximum Gasteiger partial charge on any atom is 0.243 e. The van der Waals surface area contributed by atoms with Gasteiger partial charge in [0, 0.05) is 28.8 Å². The Labute approximate surface area is 169 Å². The number of Topliss-reactive ketones (excluding diaryl/α,β-unsaturated/α-hetero) is 1. The standard InChI is InChI=1S/C20H23BrN2O3S/c1-15-9-11-23(12-10-15)27(25,26)19-4-2-3-16(13-19)20(24)14-22-18-7-5-17(21)6-8-18/h2-8,13,15,22H,9-12,14H2,1H3. The first-order chi connectivity index (χ1) is 12.9. The lowest BCUT2D eigenvalue weighted by Gasteiger charge is -2.29. The predicted octanol–water partition coefficient (Wildman–Crippen LogP) is 4.16. The molecule has 144 valence electrons. The number of anilines is 1. The molecule has 2 aromatic rings. The molecule has 0 amide bonds. The maximum atomic E-state index is 12.9. The zero-order chi connectivity index (χ0) is 19.4. The van der Waals surface area contributed by atoms with Gasteiger partial charge in [0.15, 0.2) is 5.78 Å². The van der Waals surface area contributed by atoms with Gasteiger partial charge in [0.1, 0.15) is 0 Å². The van der Waals surface area contributed by atoms with Crippen molar-refractivity contribution in [2.45, 2.75) is 24.7 Å². The molecule has 1 heterocycles. The summed E-state index contributed by atoms with van der Waals surface area (Å²) in [6.07, 6.45) is 1.74. The summed E-state index contributed by atoms with van der Waals surface area (Å²) in [5.74, 6) is 0.399. The highest BCUT2D eigenvalue weighted by molar-refractivity contribution is 9.10. The average molecular weight is 451 g/mol. The van der Waals surface area contributed by atoms with Gasteiger partial charge < -0.3 is 5.32 Å². The van der Waals surface area contributed by atoms with Crippen molar-refractivity contribution in [1.29, 1.82) is 0 Å². The highest BCUT2D eigenvalue weighted by atomic mass is 79.9. The molecule has 27 heavy (non-hydrogen) atoms. The van der Waals surface area contributed by atoms with Crippen LogP contribution >= 0.6 is 15.9 Å². The van der Waals surface area contributed by atoms with E-state index in [0.29, 0.717) is 24.6 Å². The molecule has 3 rings (SSSR count). The van der Waals surface area contributed by atoms with Crippen molar-refractivity contribution in [3.05, 3.63) is 58.6 Å². The molecular formula is C20H23BrN2O3S. The normalized spacial score (nSPS) is 16.2. The second-order valence-electron chi connectivity index (χ2n) is 6.90. The lowest BCUT2D eigenvalue weighted by molar-refractivity contribution is 0.101. The number of rotatable bonds is 6. The molecule has 2 aromatic carbocycles. The molecule has 0 aliphatic carbocycles. The van der Waals surface area contributed by atoms with Crippen LogP contribution in [0.5, 0.6) is 0 Å². The van der Waals surface area contributed by atoms with E-state index in [4.69, 9.17) is 0 Å². The Morgan fingerprint density at radius 3 is 2.48 bits per heavy atom. The molecule has 7 heteroatoms. The number of piperidine rings is 1. The summed E-state index contributed by atoms with van der Waals surface area (Å²) in [7, 11) is -3.56. The molecule has 5 nitrogen and oxygen atoms in total. The number of carbonyl (C=O) groups excluding carboxylic acids is 1. The van der Waals surface area contributed by atoms with Crippen LogP contribution in [0.25, 0.3) is 0 Å². The summed E-state index contributed by atoms with van der Waals surface area (Å²) >= 11 is 3.37. The van der Waals surface area contributed by atoms with Crippen LogP contribution in [-0.4, -0.2) is 38.1 Å². The third-order valence-corrected chi connectivity index (χ3v) is 7.26. The highest BCUT2D eigenvalue weighted by Crippen LogP contribution is 2.24. The van der Waals surface area contributed by atoms with Crippen molar-refractivity contribution in [1.82, 2.24) is 4.31 Å². The first-order valence-corrected chi connectivity index (χ1v) is 11.2. The largest absolute Gasteiger partial charge is 0.378 e. The molecule has 0 spiro atoms. The van der Waals surface area contributed by atoms with Gasteiger partial charge in [-0.1, -0.05) is 35.0 Å². The van der Waals surface area contributed by atoms with E-state index < -0.39 is 10.0 Å². The second-order valence-corrected chi connectivity index (χ2v) is 9.75. The fourth-order valence-corrected chi connectivity index (χ4v) is 4.84. The zero-order valence-electron chi connectivity index (χ0n) is 15.2. The van der Waals surface area contributed by atoms with E-state index in [2.05, 4.69) is 28.2 Å². The number of nitrogens with one attached hydrogen (secondary N) is 1. The number of halogens is 1. The zero-order valence-corrected chi connectivity index (χ0v) is 17.6. The van der Waals surface area contributed by atoms with Crippen molar-refractivity contribution < 1.29 is 13.2 Å². The van der Waals surface area contributed by atoms with Crippen LogP contribution in [0.3, 0.4) is 0 Å². The minimum absolute atomic E-state index is 0.104. The minimum atomic E-state index is -3.56. The SMILES string of the molecule is CC1CCN(S(=O)(=O)c2cccc(C(=O)CNc3ccc(Br)cc3)c2)CC1. The molecule has 0 saturated carbocycles. The van der Waals surface area contributed by atoms with E-state index in [1.165, 1.54) is 10.4 Å². The number of sulfonamides is 1. The Morgan fingerprint density at radius 2 is 1.81 bits per heavy atom. The van der Waals surface area contributed by atoms with E-state index in [1.807, 2.05) is 24.3 Å². The van der Waals surface area contributed by atoms with Crippen molar-refractivity contribution in [2.75, 3.05) is 25.0 Å². The Hall–Kier alpha value is -1.70. The van der Waals surface area contributed by atoms with Gasteiger partial charge in [0.05, 0.1) is 11.4 Å². The van der Waals surface area contributed by atoms with E-state index in [1.54, 1.807) is 18.2 Å². The average Bonchev–Trinajstić information content (AvgIpc) is 2.68. The maximum absolute atomic E-state index is 12.9. The van der Waals surface area contributed by atoms with Crippen molar-refractivity contribution >= 4 is 37.4 Å². The fourth-order valence-electron chi connectivity index (χ4n) is 3.06. The fraction of sp³-hybridized carbons (Fsp3) is 0.350. The lowest BCUT2D eigenvalue weighted by atomic mass is 10.0. The minimum Gasteiger partial charge on any atom is -0.378 e. The first-order valence-electron chi connectivity index (χ1n) is 8.99. The van der Waals surface area contributed by atoms with Crippen molar-refractivity contribution in [2.24, 2.45) is 5.92 Å². The van der Waals surface area contributed by atoms with Gasteiger partial charge in [-0.25, -0.2) is 8.42 Å². The van der Waals surface area contributed by atoms with Crippen LogP contribution < -0.4 is 5.32 Å². The Bertz CT molecular complexity index is 905. The summed E-state index contributed by atoms with van der Waals surface area (Å²) in [4.78, 5) is 12.7. The Morgan fingerprint density at radius 1 is 1.15 bits per heavy atom. The monoisotopic (exact) mass is 450 g/mol. The summed E-state index contributed by atoms with van der Waals surface area (Å²) in [6.45, 7) is 3.31. The first kappa shape index (κ1) is 20.0. The van der Waals surface area contributed by atoms with E-state index >= 15 is 0 Å². The number of carbonyl (C=O) groups is 1. The number of ketones is 1. The van der Waals surface area contributed by atoms with Gasteiger partial charge in [-0.3, -0.25) is 4.79 Å². The van der Waals surface area contributed by atoms with Crippen LogP contribution in [0.2, 0.25) is 0 Å². The summed E-state index contributed by atoms with van der Waals surface area (Å²) in [5, 5.41) is 3.07. The van der Waals surface area contributed by atoms with Crippen LogP contribution in [0.4, 0.5) is 5.69 Å². The van der Waals surface area contributed by atoms with E-state index in [-0.39, 0.29) is 17.2 Å². The van der Waals surface area contributed by atoms with Crippen molar-refractivity contribution in [3.8, 4) is 0 Å². The molecule has 0 atom stereocenters. The third-order valence-electron chi connectivity index (χ3n) is 4.83. The number of benzene rings is 2. The summed E-state index contributed by atoms with van der Waals surface area (Å²) in [5.41, 5.74) is 1.23. The molecule has 1 aliphatic rings. The summed E-state index contributed by atoms with van der Waals surface area (Å²) in [6, 6.07) is 13.9. The number of hydrogen-bond donors (Lipinski definition) is 1. The number of nitrogens with zero attached hydrogens (tertiary/aromatic N) is 1. The lowest BCUT2D eigenvalue weighted by Crippen LogP contribution is -2.37. The molecular weight excluding hydrogens is 428 g/mol. The quantitative estimate of drug-likeness (QED) is 0.670. The van der Waals surface area contributed by atoms with Gasteiger partial charge in [0.2, 0.25) is 10.0 Å². The molecule has 1 saturated heterocycles. The molecule has 0 radical (unpaired) electrons. The molecule has 1 aliphatic heterocycles. The van der Waals surface area contributed by atoms with Gasteiger partial charge in [-0.15, -0.1) is 0 Å². The summed E-state index contributed by atoms with van der Waals surface area (Å²) < 4.78 is 28.2. The van der Waals surface area contributed by atoms with Crippen LogP contribution in [0.15, 0.2) is 57.9 Å². The predicted molar refractivity (Wildman–Crippen MR) is 111 cm³/mol. The topological polar surface area (TPSA) is 66.5 Å². The van der Waals surface area contributed by atoms with Gasteiger partial charge >= 0.3 is 0 Å². The van der Waals surface area contributed by atoms with Gasteiger partial charge in [-0.2, -0.15) is 4.31 Å². The van der Waals surface area contributed by atoms with Crippen molar-refractivity contribution in [3.63, 3.8) is 0 Å². The Balaban J connectivity index is 1.70. The van der Waals surface area contributed by atoms with Crippen LogP contribution in [-0.2, 0) is 10.0 Å². The molecule has 0 bridgehead atoms.